The van der Waals surface area contributed by atoms with Gasteiger partial charge < -0.3 is 16.4 Å². The summed E-state index contributed by atoms with van der Waals surface area (Å²) in [7, 11) is 0. The number of benzene rings is 1. The van der Waals surface area contributed by atoms with Crippen molar-refractivity contribution in [3.8, 4) is 0 Å². The van der Waals surface area contributed by atoms with E-state index in [1.54, 1.807) is 6.07 Å². The zero-order chi connectivity index (χ0) is 14.9. The minimum Gasteiger partial charge on any atom is -0.369 e. The molecule has 0 spiro atoms. The van der Waals surface area contributed by atoms with E-state index in [9.17, 15) is 9.18 Å². The van der Waals surface area contributed by atoms with Crippen molar-refractivity contribution in [1.82, 2.24) is 0 Å². The van der Waals surface area contributed by atoms with Gasteiger partial charge in [0.2, 0.25) is 5.91 Å². The summed E-state index contributed by atoms with van der Waals surface area (Å²) in [6.07, 6.45) is 1.58. The molecule has 20 heavy (non-hydrogen) atoms. The van der Waals surface area contributed by atoms with Crippen LogP contribution in [0.15, 0.2) is 18.2 Å². The number of hydrogen-bond acceptors (Lipinski definition) is 3. The van der Waals surface area contributed by atoms with Crippen LogP contribution in [0.25, 0.3) is 0 Å². The molecule has 1 aromatic carbocycles. The van der Waals surface area contributed by atoms with Crippen LogP contribution in [0.3, 0.4) is 0 Å². The molecule has 110 valence electrons. The number of para-hydroxylation sites is 1. The van der Waals surface area contributed by atoms with Crippen molar-refractivity contribution in [2.75, 3.05) is 11.4 Å². The first kappa shape index (κ1) is 14.8. The normalized spacial score (nSPS) is 24.5. The Morgan fingerprint density at radius 1 is 1.45 bits per heavy atom. The van der Waals surface area contributed by atoms with Crippen molar-refractivity contribution < 1.29 is 9.18 Å². The van der Waals surface area contributed by atoms with Gasteiger partial charge >= 0.3 is 0 Å². The number of hydrogen-bond donors (Lipinski definition) is 2. The fourth-order valence-corrected chi connectivity index (χ4v) is 2.85. The molecule has 4 N–H and O–H groups in total. The lowest BCUT2D eigenvalue weighted by atomic mass is 9.91. The first-order valence-corrected chi connectivity index (χ1v) is 7.01. The van der Waals surface area contributed by atoms with Gasteiger partial charge in [0.25, 0.3) is 0 Å². The van der Waals surface area contributed by atoms with Gasteiger partial charge in [0.15, 0.2) is 0 Å². The first-order valence-electron chi connectivity index (χ1n) is 7.01. The third-order valence-electron chi connectivity index (χ3n) is 4.08. The quantitative estimate of drug-likeness (QED) is 0.888. The molecule has 1 aliphatic rings. The lowest BCUT2D eigenvalue weighted by Gasteiger charge is -2.40. The fraction of sp³-hybridized carbons (Fsp3) is 0.533. The van der Waals surface area contributed by atoms with Gasteiger partial charge in [-0.1, -0.05) is 12.1 Å². The maximum atomic E-state index is 14.3. The van der Waals surface area contributed by atoms with E-state index in [1.165, 1.54) is 6.07 Å². The molecule has 2 unspecified atom stereocenters. The minimum absolute atomic E-state index is 0.167. The summed E-state index contributed by atoms with van der Waals surface area (Å²) in [6, 6.07) is 4.84. The summed E-state index contributed by atoms with van der Waals surface area (Å²) in [6.45, 7) is 4.32. The summed E-state index contributed by atoms with van der Waals surface area (Å²) in [5, 5.41) is 0. The lowest BCUT2D eigenvalue weighted by Crippen LogP contribution is -2.46. The largest absolute Gasteiger partial charge is 0.369 e. The second-order valence-electron chi connectivity index (χ2n) is 5.64. The summed E-state index contributed by atoms with van der Waals surface area (Å²) >= 11 is 0. The van der Waals surface area contributed by atoms with Crippen molar-refractivity contribution in [1.29, 1.82) is 0 Å². The van der Waals surface area contributed by atoms with E-state index in [-0.39, 0.29) is 29.7 Å². The number of carbonyl (C=O) groups excluding carboxylic acids is 1. The average Bonchev–Trinajstić information content (AvgIpc) is 2.39. The smallest absolute Gasteiger partial charge is 0.222 e. The van der Waals surface area contributed by atoms with Gasteiger partial charge in [0.05, 0.1) is 11.6 Å². The average molecular weight is 279 g/mol. The van der Waals surface area contributed by atoms with Crippen LogP contribution in [0, 0.1) is 11.7 Å². The van der Waals surface area contributed by atoms with E-state index in [4.69, 9.17) is 11.5 Å². The number of anilines is 1. The highest BCUT2D eigenvalue weighted by atomic mass is 19.1. The number of amides is 1. The van der Waals surface area contributed by atoms with E-state index in [0.717, 1.165) is 18.4 Å². The molecule has 0 aromatic heterocycles. The Morgan fingerprint density at radius 3 is 2.75 bits per heavy atom. The zero-order valence-corrected chi connectivity index (χ0v) is 12.0. The molecule has 3 atom stereocenters. The van der Waals surface area contributed by atoms with Crippen LogP contribution in [0.5, 0.6) is 0 Å². The van der Waals surface area contributed by atoms with Crippen LogP contribution >= 0.6 is 0 Å². The van der Waals surface area contributed by atoms with Gasteiger partial charge in [-0.2, -0.15) is 0 Å². The highest BCUT2D eigenvalue weighted by molar-refractivity contribution is 5.78. The van der Waals surface area contributed by atoms with Gasteiger partial charge in [0, 0.05) is 18.6 Å². The molecule has 0 radical (unpaired) electrons. The number of carbonyl (C=O) groups is 1. The molecular formula is C15H22FN3O. The van der Waals surface area contributed by atoms with Crippen molar-refractivity contribution in [2.45, 2.75) is 38.8 Å². The minimum atomic E-state index is -0.319. The molecule has 0 bridgehead atoms. The van der Waals surface area contributed by atoms with Crippen molar-refractivity contribution in [2.24, 2.45) is 17.4 Å². The number of piperidine rings is 1. The first-order chi connectivity index (χ1) is 9.41. The van der Waals surface area contributed by atoms with Gasteiger partial charge in [-0.25, -0.2) is 4.39 Å². The summed E-state index contributed by atoms with van der Waals surface area (Å²) < 4.78 is 14.3. The van der Waals surface area contributed by atoms with Crippen LogP contribution in [-0.4, -0.2) is 18.5 Å². The molecular weight excluding hydrogens is 257 g/mol. The Balaban J connectivity index is 2.40. The van der Waals surface area contributed by atoms with E-state index < -0.39 is 0 Å². The predicted molar refractivity (Wildman–Crippen MR) is 77.7 cm³/mol. The Hall–Kier alpha value is -1.62. The van der Waals surface area contributed by atoms with Gasteiger partial charge in [-0.05, 0) is 38.3 Å². The molecule has 2 rings (SSSR count). The standard InChI is InChI=1S/C15H22FN3O/c1-9-6-7-11(15(18)20)8-19(9)14-12(10(2)17)4-3-5-13(14)16/h3-5,9-11H,6-8,17H2,1-2H3,(H2,18,20)/t9?,10-,11?/m1/s1. The summed E-state index contributed by atoms with van der Waals surface area (Å²) in [4.78, 5) is 13.4. The van der Waals surface area contributed by atoms with Crippen LogP contribution in [0.1, 0.15) is 38.3 Å². The Morgan fingerprint density at radius 2 is 2.15 bits per heavy atom. The van der Waals surface area contributed by atoms with Crippen molar-refractivity contribution >= 4 is 11.6 Å². The third kappa shape index (κ3) is 2.77. The lowest BCUT2D eigenvalue weighted by molar-refractivity contribution is -0.122. The van der Waals surface area contributed by atoms with Gasteiger partial charge in [-0.3, -0.25) is 4.79 Å². The van der Waals surface area contributed by atoms with Gasteiger partial charge in [0.1, 0.15) is 5.82 Å². The van der Waals surface area contributed by atoms with Gasteiger partial charge in [-0.15, -0.1) is 0 Å². The number of nitrogens with zero attached hydrogens (tertiary/aromatic N) is 1. The topological polar surface area (TPSA) is 72.4 Å². The Kier molecular flexibility index (Phi) is 4.28. The highest BCUT2D eigenvalue weighted by Crippen LogP contribution is 2.34. The van der Waals surface area contributed by atoms with E-state index >= 15 is 0 Å². The van der Waals surface area contributed by atoms with Crippen LogP contribution in [-0.2, 0) is 4.79 Å². The van der Waals surface area contributed by atoms with Crippen LogP contribution < -0.4 is 16.4 Å². The zero-order valence-electron chi connectivity index (χ0n) is 12.0. The molecule has 5 heteroatoms. The highest BCUT2D eigenvalue weighted by Gasteiger charge is 2.31. The second-order valence-corrected chi connectivity index (χ2v) is 5.64. The monoisotopic (exact) mass is 279 g/mol. The van der Waals surface area contributed by atoms with Crippen molar-refractivity contribution in [3.63, 3.8) is 0 Å². The maximum absolute atomic E-state index is 14.3. The second kappa shape index (κ2) is 5.79. The number of primary amides is 1. The maximum Gasteiger partial charge on any atom is 0.222 e. The summed E-state index contributed by atoms with van der Waals surface area (Å²) in [5.74, 6) is -0.843. The molecule has 1 heterocycles. The molecule has 0 aliphatic carbocycles. The van der Waals surface area contributed by atoms with E-state index in [2.05, 4.69) is 0 Å². The van der Waals surface area contributed by atoms with E-state index in [0.29, 0.717) is 12.2 Å². The molecule has 1 amide bonds. The molecule has 1 saturated heterocycles. The van der Waals surface area contributed by atoms with Crippen molar-refractivity contribution in [3.05, 3.63) is 29.6 Å². The van der Waals surface area contributed by atoms with Crippen LogP contribution in [0.4, 0.5) is 10.1 Å². The number of halogens is 1. The third-order valence-corrected chi connectivity index (χ3v) is 4.08. The molecule has 1 aliphatic heterocycles. The van der Waals surface area contributed by atoms with E-state index in [1.807, 2.05) is 24.8 Å². The Labute approximate surface area is 118 Å². The number of nitrogens with two attached hydrogens (primary N) is 2. The molecule has 4 nitrogen and oxygen atoms in total. The SMILES string of the molecule is CC1CCC(C(N)=O)CN1c1c(F)cccc1[C@@H](C)N. The number of rotatable bonds is 3. The molecule has 1 aromatic rings. The molecule has 1 fully saturated rings. The summed E-state index contributed by atoms with van der Waals surface area (Å²) in [5.41, 5.74) is 12.6. The fourth-order valence-electron chi connectivity index (χ4n) is 2.85. The Bertz CT molecular complexity index is 504. The molecule has 0 saturated carbocycles. The predicted octanol–water partition coefficient (Wildman–Crippen LogP) is 1.94. The van der Waals surface area contributed by atoms with Crippen LogP contribution in [0.2, 0.25) is 0 Å².